The van der Waals surface area contributed by atoms with Crippen LogP contribution in [0.1, 0.15) is 18.9 Å². The molecule has 1 atom stereocenters. The molecule has 15 heavy (non-hydrogen) atoms. The Balaban J connectivity index is 2.80. The maximum Gasteiger partial charge on any atom is 0.239 e. The fourth-order valence-corrected chi connectivity index (χ4v) is 1.31. The van der Waals surface area contributed by atoms with E-state index < -0.39 is 11.9 Å². The van der Waals surface area contributed by atoms with Gasteiger partial charge in [-0.15, -0.1) is 0 Å². The fraction of sp³-hybridized carbons (Fsp3) is 0.364. The second kappa shape index (κ2) is 4.77. The van der Waals surface area contributed by atoms with Crippen LogP contribution in [0.4, 0.5) is 10.1 Å². The molecular formula is C11H15FN2O. The third-order valence-electron chi connectivity index (χ3n) is 2.25. The molecule has 0 aliphatic rings. The molecule has 1 rings (SSSR count). The van der Waals surface area contributed by atoms with Gasteiger partial charge in [-0.3, -0.25) is 4.79 Å². The molecule has 1 amide bonds. The minimum atomic E-state index is -0.408. The molecule has 0 saturated heterocycles. The van der Waals surface area contributed by atoms with Crippen molar-refractivity contribution in [3.63, 3.8) is 0 Å². The summed E-state index contributed by atoms with van der Waals surface area (Å²) < 4.78 is 13.0. The van der Waals surface area contributed by atoms with Gasteiger partial charge in [0, 0.05) is 5.69 Å². The Morgan fingerprint density at radius 2 is 2.27 bits per heavy atom. The Morgan fingerprint density at radius 1 is 1.60 bits per heavy atom. The number of halogens is 1. The second-order valence-electron chi connectivity index (χ2n) is 3.47. The molecule has 82 valence electrons. The number of carbonyl (C=O) groups is 1. The zero-order valence-electron chi connectivity index (χ0n) is 8.88. The summed E-state index contributed by atoms with van der Waals surface area (Å²) in [5, 5.41) is 2.95. The number of primary amides is 1. The number of carbonyl (C=O) groups excluding carboxylic acids is 1. The van der Waals surface area contributed by atoms with Crippen LogP contribution in [0.2, 0.25) is 0 Å². The monoisotopic (exact) mass is 210 g/mol. The highest BCUT2D eigenvalue weighted by atomic mass is 19.1. The Labute approximate surface area is 88.5 Å². The van der Waals surface area contributed by atoms with Crippen molar-refractivity contribution < 1.29 is 9.18 Å². The number of hydrogen-bond donors (Lipinski definition) is 2. The van der Waals surface area contributed by atoms with E-state index in [9.17, 15) is 9.18 Å². The molecule has 0 heterocycles. The topological polar surface area (TPSA) is 55.1 Å². The van der Waals surface area contributed by atoms with Crippen molar-refractivity contribution in [2.45, 2.75) is 26.3 Å². The molecule has 0 spiro atoms. The number of benzene rings is 1. The van der Waals surface area contributed by atoms with Crippen molar-refractivity contribution in [3.8, 4) is 0 Å². The first-order valence-corrected chi connectivity index (χ1v) is 4.86. The summed E-state index contributed by atoms with van der Waals surface area (Å²) in [4.78, 5) is 11.0. The summed E-state index contributed by atoms with van der Waals surface area (Å²) in [6.45, 7) is 3.53. The Morgan fingerprint density at radius 3 is 2.73 bits per heavy atom. The van der Waals surface area contributed by atoms with E-state index in [1.807, 2.05) is 6.92 Å². The lowest BCUT2D eigenvalue weighted by atomic mass is 10.1. The number of nitrogens with two attached hydrogens (primary N) is 1. The van der Waals surface area contributed by atoms with E-state index in [1.165, 1.54) is 6.07 Å². The van der Waals surface area contributed by atoms with Gasteiger partial charge in [0.25, 0.3) is 0 Å². The first-order chi connectivity index (χ1) is 7.04. The van der Waals surface area contributed by atoms with Crippen molar-refractivity contribution in [2.75, 3.05) is 5.32 Å². The molecule has 1 aromatic rings. The van der Waals surface area contributed by atoms with Crippen LogP contribution >= 0.6 is 0 Å². The van der Waals surface area contributed by atoms with Gasteiger partial charge in [-0.2, -0.15) is 0 Å². The Bertz CT molecular complexity index is 366. The van der Waals surface area contributed by atoms with Gasteiger partial charge in [0.1, 0.15) is 11.9 Å². The van der Waals surface area contributed by atoms with Crippen LogP contribution in [0.3, 0.4) is 0 Å². The van der Waals surface area contributed by atoms with E-state index in [0.717, 1.165) is 0 Å². The van der Waals surface area contributed by atoms with E-state index in [1.54, 1.807) is 19.1 Å². The van der Waals surface area contributed by atoms with E-state index in [-0.39, 0.29) is 5.82 Å². The van der Waals surface area contributed by atoms with Gasteiger partial charge in [0.05, 0.1) is 0 Å². The SMILES string of the molecule is CCC(Nc1ccc(F)c(C)c1)C(N)=O. The molecule has 3 N–H and O–H groups in total. The van der Waals surface area contributed by atoms with Gasteiger partial charge in [-0.1, -0.05) is 6.92 Å². The first-order valence-electron chi connectivity index (χ1n) is 4.86. The number of rotatable bonds is 4. The highest BCUT2D eigenvalue weighted by Gasteiger charge is 2.12. The fourth-order valence-electron chi connectivity index (χ4n) is 1.31. The van der Waals surface area contributed by atoms with E-state index in [0.29, 0.717) is 17.7 Å². The summed E-state index contributed by atoms with van der Waals surface area (Å²) in [6, 6.07) is 4.20. The normalized spacial score (nSPS) is 12.2. The van der Waals surface area contributed by atoms with Crippen molar-refractivity contribution in [3.05, 3.63) is 29.6 Å². The van der Waals surface area contributed by atoms with Crippen LogP contribution in [-0.2, 0) is 4.79 Å². The van der Waals surface area contributed by atoms with Crippen LogP contribution in [0.5, 0.6) is 0 Å². The number of anilines is 1. The number of amides is 1. The van der Waals surface area contributed by atoms with Gasteiger partial charge in [0.15, 0.2) is 0 Å². The smallest absolute Gasteiger partial charge is 0.239 e. The summed E-state index contributed by atoms with van der Waals surface area (Å²) >= 11 is 0. The highest BCUT2D eigenvalue weighted by molar-refractivity contribution is 5.82. The molecule has 3 nitrogen and oxygen atoms in total. The molecular weight excluding hydrogens is 195 g/mol. The van der Waals surface area contributed by atoms with Gasteiger partial charge in [-0.25, -0.2) is 4.39 Å². The van der Waals surface area contributed by atoms with Gasteiger partial charge in [-0.05, 0) is 37.1 Å². The largest absolute Gasteiger partial charge is 0.374 e. The molecule has 4 heteroatoms. The lowest BCUT2D eigenvalue weighted by Gasteiger charge is -2.15. The van der Waals surface area contributed by atoms with Crippen molar-refractivity contribution in [2.24, 2.45) is 5.73 Å². The maximum atomic E-state index is 13.0. The van der Waals surface area contributed by atoms with Crippen LogP contribution in [0.15, 0.2) is 18.2 Å². The second-order valence-corrected chi connectivity index (χ2v) is 3.47. The lowest BCUT2D eigenvalue weighted by molar-refractivity contribution is -0.118. The van der Waals surface area contributed by atoms with E-state index >= 15 is 0 Å². The van der Waals surface area contributed by atoms with Gasteiger partial charge in [0.2, 0.25) is 5.91 Å². The predicted octanol–water partition coefficient (Wildman–Crippen LogP) is 1.81. The summed E-state index contributed by atoms with van der Waals surface area (Å²) in [5.74, 6) is -0.660. The van der Waals surface area contributed by atoms with E-state index in [2.05, 4.69) is 5.32 Å². The quantitative estimate of drug-likeness (QED) is 0.796. The molecule has 1 aromatic carbocycles. The molecule has 1 unspecified atom stereocenters. The average Bonchev–Trinajstić information content (AvgIpc) is 2.19. The van der Waals surface area contributed by atoms with Crippen molar-refractivity contribution in [1.29, 1.82) is 0 Å². The minimum absolute atomic E-state index is 0.257. The van der Waals surface area contributed by atoms with Crippen LogP contribution in [-0.4, -0.2) is 11.9 Å². The highest BCUT2D eigenvalue weighted by Crippen LogP contribution is 2.15. The predicted molar refractivity (Wildman–Crippen MR) is 58.0 cm³/mol. The third kappa shape index (κ3) is 2.94. The molecule has 0 radical (unpaired) electrons. The summed E-state index contributed by atoms with van der Waals surface area (Å²) in [6.07, 6.45) is 0.603. The average molecular weight is 210 g/mol. The van der Waals surface area contributed by atoms with Crippen molar-refractivity contribution >= 4 is 11.6 Å². The number of nitrogens with one attached hydrogen (secondary N) is 1. The maximum absolute atomic E-state index is 13.0. The zero-order valence-corrected chi connectivity index (χ0v) is 8.88. The van der Waals surface area contributed by atoms with E-state index in [4.69, 9.17) is 5.73 Å². The molecule has 0 saturated carbocycles. The Hall–Kier alpha value is -1.58. The van der Waals surface area contributed by atoms with Gasteiger partial charge >= 0.3 is 0 Å². The first kappa shape index (κ1) is 11.5. The zero-order chi connectivity index (χ0) is 11.4. The molecule has 0 aromatic heterocycles. The van der Waals surface area contributed by atoms with Crippen molar-refractivity contribution in [1.82, 2.24) is 0 Å². The third-order valence-corrected chi connectivity index (χ3v) is 2.25. The van der Waals surface area contributed by atoms with Crippen LogP contribution < -0.4 is 11.1 Å². The van der Waals surface area contributed by atoms with Crippen LogP contribution in [0, 0.1) is 12.7 Å². The molecule has 0 aliphatic carbocycles. The lowest BCUT2D eigenvalue weighted by Crippen LogP contribution is -2.34. The van der Waals surface area contributed by atoms with Crippen LogP contribution in [0.25, 0.3) is 0 Å². The Kier molecular flexibility index (Phi) is 3.66. The molecule has 0 fully saturated rings. The number of hydrogen-bond acceptors (Lipinski definition) is 2. The molecule has 0 bridgehead atoms. The number of aryl methyl sites for hydroxylation is 1. The van der Waals surface area contributed by atoms with Gasteiger partial charge < -0.3 is 11.1 Å². The molecule has 0 aliphatic heterocycles. The standard InChI is InChI=1S/C11H15FN2O/c1-3-10(11(13)15)14-8-4-5-9(12)7(2)6-8/h4-6,10,14H,3H2,1-2H3,(H2,13,15). The minimum Gasteiger partial charge on any atom is -0.374 e. The summed E-state index contributed by atoms with van der Waals surface area (Å²) in [5.41, 5.74) is 6.44. The summed E-state index contributed by atoms with van der Waals surface area (Å²) in [7, 11) is 0.